The fourth-order valence-corrected chi connectivity index (χ4v) is 4.72. The van der Waals surface area contributed by atoms with Gasteiger partial charge in [0.25, 0.3) is 11.8 Å². The molecule has 1 aromatic carbocycles. The highest BCUT2D eigenvalue weighted by atomic mass is 32.1. The van der Waals surface area contributed by atoms with Crippen LogP contribution in [-0.2, 0) is 13.0 Å². The summed E-state index contributed by atoms with van der Waals surface area (Å²) < 4.78 is 10.6. The third-order valence-corrected chi connectivity index (χ3v) is 6.07. The number of carbonyl (C=O) groups excluding carboxylic acids is 2. The van der Waals surface area contributed by atoms with Crippen LogP contribution in [0.2, 0.25) is 0 Å². The highest BCUT2D eigenvalue weighted by Gasteiger charge is 2.29. The summed E-state index contributed by atoms with van der Waals surface area (Å²) in [4.78, 5) is 28.5. The molecular formula is C20H25N3O4S. The van der Waals surface area contributed by atoms with Gasteiger partial charge < -0.3 is 20.5 Å². The Morgan fingerprint density at radius 3 is 2.61 bits per heavy atom. The van der Waals surface area contributed by atoms with Crippen LogP contribution in [0.3, 0.4) is 0 Å². The van der Waals surface area contributed by atoms with Crippen LogP contribution in [0.25, 0.3) is 0 Å². The SMILES string of the molecule is COc1cccc(C(=O)Nc2sc3c(c2C(N)=O)CCN(C(C)C)C3)c1OC. The fourth-order valence-electron chi connectivity index (χ4n) is 3.45. The largest absolute Gasteiger partial charge is 0.493 e. The number of nitrogens with two attached hydrogens (primary N) is 1. The molecule has 0 bridgehead atoms. The maximum Gasteiger partial charge on any atom is 0.260 e. The first-order chi connectivity index (χ1) is 13.4. The zero-order chi connectivity index (χ0) is 20.4. The Hall–Kier alpha value is -2.58. The second-order valence-electron chi connectivity index (χ2n) is 6.88. The molecule has 1 aliphatic rings. The van der Waals surface area contributed by atoms with E-state index < -0.39 is 5.91 Å². The van der Waals surface area contributed by atoms with Crippen LogP contribution in [0.15, 0.2) is 18.2 Å². The average Bonchev–Trinajstić information content (AvgIpc) is 3.03. The Morgan fingerprint density at radius 1 is 1.25 bits per heavy atom. The first kappa shape index (κ1) is 20.2. The smallest absolute Gasteiger partial charge is 0.260 e. The minimum absolute atomic E-state index is 0.326. The van der Waals surface area contributed by atoms with Gasteiger partial charge in [0.1, 0.15) is 5.00 Å². The van der Waals surface area contributed by atoms with Gasteiger partial charge in [0.15, 0.2) is 11.5 Å². The summed E-state index contributed by atoms with van der Waals surface area (Å²) in [5.74, 6) is -0.0975. The number of benzene rings is 1. The maximum atomic E-state index is 12.9. The van der Waals surface area contributed by atoms with E-state index in [1.807, 2.05) is 0 Å². The lowest BCUT2D eigenvalue weighted by Gasteiger charge is -2.30. The summed E-state index contributed by atoms with van der Waals surface area (Å²) in [6.45, 7) is 5.89. The minimum Gasteiger partial charge on any atom is -0.493 e. The Labute approximate surface area is 168 Å². The summed E-state index contributed by atoms with van der Waals surface area (Å²) >= 11 is 1.41. The molecule has 8 heteroatoms. The van der Waals surface area contributed by atoms with Gasteiger partial charge in [-0.15, -0.1) is 11.3 Å². The van der Waals surface area contributed by atoms with Gasteiger partial charge in [-0.05, 0) is 38.0 Å². The van der Waals surface area contributed by atoms with Gasteiger partial charge in [-0.25, -0.2) is 0 Å². The van der Waals surface area contributed by atoms with Gasteiger partial charge >= 0.3 is 0 Å². The van der Waals surface area contributed by atoms with Gasteiger partial charge in [0, 0.05) is 24.0 Å². The predicted octanol–water partition coefficient (Wildman–Crippen LogP) is 2.88. The molecule has 0 saturated carbocycles. The molecule has 2 amide bonds. The molecule has 3 N–H and O–H groups in total. The van der Waals surface area contributed by atoms with Crippen molar-refractivity contribution in [2.45, 2.75) is 32.9 Å². The van der Waals surface area contributed by atoms with Gasteiger partial charge in [-0.2, -0.15) is 0 Å². The highest BCUT2D eigenvalue weighted by Crippen LogP contribution is 2.38. The summed E-state index contributed by atoms with van der Waals surface area (Å²) in [7, 11) is 2.99. The van der Waals surface area contributed by atoms with Crippen molar-refractivity contribution in [3.05, 3.63) is 39.8 Å². The topological polar surface area (TPSA) is 93.9 Å². The molecule has 7 nitrogen and oxygen atoms in total. The monoisotopic (exact) mass is 403 g/mol. The van der Waals surface area contributed by atoms with Crippen LogP contribution in [0.5, 0.6) is 11.5 Å². The number of carbonyl (C=O) groups is 2. The third-order valence-electron chi connectivity index (χ3n) is 4.94. The predicted molar refractivity (Wildman–Crippen MR) is 110 cm³/mol. The number of fused-ring (bicyclic) bond motifs is 1. The van der Waals surface area contributed by atoms with E-state index in [1.165, 1.54) is 25.6 Å². The van der Waals surface area contributed by atoms with Crippen molar-refractivity contribution in [3.8, 4) is 11.5 Å². The second kappa shape index (κ2) is 8.20. The van der Waals surface area contributed by atoms with Crippen LogP contribution in [0.4, 0.5) is 5.00 Å². The number of hydrogen-bond acceptors (Lipinski definition) is 6. The van der Waals surface area contributed by atoms with Gasteiger partial charge in [0.2, 0.25) is 0 Å². The van der Waals surface area contributed by atoms with E-state index in [0.717, 1.165) is 30.0 Å². The zero-order valence-electron chi connectivity index (χ0n) is 16.5. The summed E-state index contributed by atoms with van der Waals surface area (Å²) in [5.41, 5.74) is 7.34. The fraction of sp³-hybridized carbons (Fsp3) is 0.400. The van der Waals surface area contributed by atoms with Crippen molar-refractivity contribution >= 4 is 28.2 Å². The quantitative estimate of drug-likeness (QED) is 0.773. The molecule has 0 aliphatic carbocycles. The number of nitrogens with zero attached hydrogens (tertiary/aromatic N) is 1. The molecule has 0 atom stereocenters. The average molecular weight is 404 g/mol. The number of para-hydroxylation sites is 1. The molecule has 2 aromatic rings. The lowest BCUT2D eigenvalue weighted by molar-refractivity contribution is 0.0999. The lowest BCUT2D eigenvalue weighted by Crippen LogP contribution is -2.35. The van der Waals surface area contributed by atoms with Crippen molar-refractivity contribution < 1.29 is 19.1 Å². The van der Waals surface area contributed by atoms with Crippen LogP contribution in [0.1, 0.15) is 45.0 Å². The molecule has 3 rings (SSSR count). The first-order valence-corrected chi connectivity index (χ1v) is 9.89. The van der Waals surface area contributed by atoms with Crippen LogP contribution in [-0.4, -0.2) is 43.5 Å². The van der Waals surface area contributed by atoms with Crippen molar-refractivity contribution in [1.29, 1.82) is 0 Å². The maximum absolute atomic E-state index is 12.9. The molecule has 1 aliphatic heterocycles. The number of thiophene rings is 1. The van der Waals surface area contributed by atoms with Crippen molar-refractivity contribution in [1.82, 2.24) is 4.90 Å². The normalized spacial score (nSPS) is 13.9. The minimum atomic E-state index is -0.525. The first-order valence-electron chi connectivity index (χ1n) is 9.08. The summed E-state index contributed by atoms with van der Waals surface area (Å²) in [5, 5.41) is 3.34. The van der Waals surface area contributed by atoms with Crippen LogP contribution >= 0.6 is 11.3 Å². The number of ether oxygens (including phenoxy) is 2. The third kappa shape index (κ3) is 3.70. The Balaban J connectivity index is 1.95. The van der Waals surface area contributed by atoms with Crippen molar-refractivity contribution in [3.63, 3.8) is 0 Å². The van der Waals surface area contributed by atoms with Gasteiger partial charge in [-0.3, -0.25) is 14.5 Å². The molecule has 0 spiro atoms. The van der Waals surface area contributed by atoms with Gasteiger partial charge in [-0.1, -0.05) is 6.07 Å². The molecule has 0 saturated heterocycles. The number of nitrogens with one attached hydrogen (secondary N) is 1. The van der Waals surface area contributed by atoms with E-state index >= 15 is 0 Å². The summed E-state index contributed by atoms with van der Waals surface area (Å²) in [6, 6.07) is 5.49. The number of primary amides is 1. The van der Waals surface area contributed by atoms with Crippen LogP contribution in [0, 0.1) is 0 Å². The molecule has 28 heavy (non-hydrogen) atoms. The van der Waals surface area contributed by atoms with Gasteiger partial charge in [0.05, 0.1) is 25.3 Å². The summed E-state index contributed by atoms with van der Waals surface area (Å²) in [6.07, 6.45) is 0.737. The number of anilines is 1. The molecule has 0 unspecified atom stereocenters. The molecule has 1 aromatic heterocycles. The number of methoxy groups -OCH3 is 2. The zero-order valence-corrected chi connectivity index (χ0v) is 17.3. The van der Waals surface area contributed by atoms with Crippen LogP contribution < -0.4 is 20.5 Å². The molecular weight excluding hydrogens is 378 g/mol. The molecule has 150 valence electrons. The number of amides is 2. The highest BCUT2D eigenvalue weighted by molar-refractivity contribution is 7.17. The second-order valence-corrected chi connectivity index (χ2v) is 7.99. The van der Waals surface area contributed by atoms with E-state index in [1.54, 1.807) is 18.2 Å². The number of hydrogen-bond donors (Lipinski definition) is 2. The molecule has 0 fully saturated rings. The Morgan fingerprint density at radius 2 is 2.00 bits per heavy atom. The van der Waals surface area contributed by atoms with E-state index in [2.05, 4.69) is 24.1 Å². The molecule has 2 heterocycles. The van der Waals surface area contributed by atoms with Crippen molar-refractivity contribution in [2.75, 3.05) is 26.1 Å². The van der Waals surface area contributed by atoms with E-state index in [9.17, 15) is 9.59 Å². The Bertz CT molecular complexity index is 907. The van der Waals surface area contributed by atoms with Crippen molar-refractivity contribution in [2.24, 2.45) is 5.73 Å². The van der Waals surface area contributed by atoms with E-state index in [-0.39, 0.29) is 5.91 Å². The molecule has 0 radical (unpaired) electrons. The van der Waals surface area contributed by atoms with E-state index in [0.29, 0.717) is 33.7 Å². The Kier molecular flexibility index (Phi) is 5.90. The standard InChI is InChI=1S/C20H25N3O4S/c1-11(2)23-9-8-12-15(10-23)28-20(16(12)18(21)24)22-19(25)13-6-5-7-14(26-3)17(13)27-4/h5-7,11H,8-10H2,1-4H3,(H2,21,24)(H,22,25). The van der Waals surface area contributed by atoms with E-state index in [4.69, 9.17) is 15.2 Å². The lowest BCUT2D eigenvalue weighted by atomic mass is 10.0. The number of rotatable bonds is 6.